The highest BCUT2D eigenvalue weighted by atomic mass is 16.5. The summed E-state index contributed by atoms with van der Waals surface area (Å²) in [6.45, 7) is 2.44. The smallest absolute Gasteiger partial charge is 0.361 e. The minimum absolute atomic E-state index is 0.0112. The largest absolute Gasteiger partial charge is 0.494 e. The Morgan fingerprint density at radius 2 is 2.00 bits per heavy atom. The number of benzene rings is 1. The van der Waals surface area contributed by atoms with Crippen LogP contribution >= 0.6 is 0 Å². The van der Waals surface area contributed by atoms with Gasteiger partial charge in [0.25, 0.3) is 5.91 Å². The van der Waals surface area contributed by atoms with E-state index in [1.165, 1.54) is 12.4 Å². The SMILES string of the molecule is CCOc1ccc(N2C(=O)CC([NH2+]CC(=O)OC)C2=O)cc1. The van der Waals surface area contributed by atoms with Crippen molar-refractivity contribution in [2.45, 2.75) is 19.4 Å². The van der Waals surface area contributed by atoms with Gasteiger partial charge in [0.15, 0.2) is 12.6 Å². The molecule has 0 spiro atoms. The molecule has 118 valence electrons. The number of methoxy groups -OCH3 is 1. The van der Waals surface area contributed by atoms with E-state index in [0.29, 0.717) is 18.0 Å². The van der Waals surface area contributed by atoms with E-state index in [4.69, 9.17) is 4.74 Å². The molecule has 1 unspecified atom stereocenters. The first-order valence-electron chi connectivity index (χ1n) is 7.06. The molecular formula is C15H19N2O5+. The van der Waals surface area contributed by atoms with Crippen LogP contribution in [0.4, 0.5) is 5.69 Å². The number of imide groups is 1. The maximum atomic E-state index is 12.3. The maximum Gasteiger partial charge on any atom is 0.361 e. The second-order valence-electron chi connectivity index (χ2n) is 4.82. The summed E-state index contributed by atoms with van der Waals surface area (Å²) in [6.07, 6.45) is 0.0725. The lowest BCUT2D eigenvalue weighted by molar-refractivity contribution is -0.665. The predicted octanol–water partition coefficient (Wildman–Crippen LogP) is -0.546. The van der Waals surface area contributed by atoms with Crippen molar-refractivity contribution >= 4 is 23.5 Å². The molecular weight excluding hydrogens is 288 g/mol. The fourth-order valence-electron chi connectivity index (χ4n) is 2.29. The summed E-state index contributed by atoms with van der Waals surface area (Å²) in [6, 6.07) is 6.18. The zero-order valence-corrected chi connectivity index (χ0v) is 12.6. The third-order valence-electron chi connectivity index (χ3n) is 3.38. The second kappa shape index (κ2) is 7.04. The molecule has 0 aromatic heterocycles. The molecule has 0 bridgehead atoms. The van der Waals surface area contributed by atoms with Crippen molar-refractivity contribution in [2.24, 2.45) is 0 Å². The van der Waals surface area contributed by atoms with Gasteiger partial charge in [0.2, 0.25) is 5.91 Å². The van der Waals surface area contributed by atoms with E-state index in [1.807, 2.05) is 6.92 Å². The molecule has 0 saturated carbocycles. The van der Waals surface area contributed by atoms with Gasteiger partial charge in [-0.25, -0.2) is 9.69 Å². The van der Waals surface area contributed by atoms with E-state index >= 15 is 0 Å². The van der Waals surface area contributed by atoms with Crippen molar-refractivity contribution < 1.29 is 29.2 Å². The number of anilines is 1. The van der Waals surface area contributed by atoms with Crippen LogP contribution < -0.4 is 15.0 Å². The van der Waals surface area contributed by atoms with Crippen LogP contribution in [0, 0.1) is 0 Å². The Hall–Kier alpha value is -2.41. The minimum atomic E-state index is -0.585. The van der Waals surface area contributed by atoms with Gasteiger partial charge < -0.3 is 14.8 Å². The molecule has 2 amide bonds. The molecule has 7 heteroatoms. The molecule has 0 aliphatic carbocycles. The van der Waals surface area contributed by atoms with Crippen molar-refractivity contribution in [2.75, 3.05) is 25.2 Å². The summed E-state index contributed by atoms with van der Waals surface area (Å²) in [5.74, 6) is -0.350. The van der Waals surface area contributed by atoms with Gasteiger partial charge in [-0.3, -0.25) is 9.59 Å². The fraction of sp³-hybridized carbons (Fsp3) is 0.400. The van der Waals surface area contributed by atoms with E-state index in [0.717, 1.165) is 4.90 Å². The fourth-order valence-corrected chi connectivity index (χ4v) is 2.29. The van der Waals surface area contributed by atoms with Crippen molar-refractivity contribution in [3.05, 3.63) is 24.3 Å². The number of rotatable bonds is 6. The monoisotopic (exact) mass is 307 g/mol. The number of nitrogens with two attached hydrogens (primary N) is 1. The van der Waals surface area contributed by atoms with E-state index in [1.54, 1.807) is 24.3 Å². The summed E-state index contributed by atoms with van der Waals surface area (Å²) in [5, 5.41) is 1.53. The van der Waals surface area contributed by atoms with Gasteiger partial charge in [0.05, 0.1) is 25.8 Å². The van der Waals surface area contributed by atoms with Crippen molar-refractivity contribution in [1.82, 2.24) is 0 Å². The zero-order chi connectivity index (χ0) is 16.1. The predicted molar refractivity (Wildman–Crippen MR) is 77.3 cm³/mol. The number of carbonyl (C=O) groups is 3. The lowest BCUT2D eigenvalue weighted by atomic mass is 10.2. The molecule has 7 nitrogen and oxygen atoms in total. The second-order valence-corrected chi connectivity index (χ2v) is 4.82. The molecule has 0 radical (unpaired) electrons. The molecule has 22 heavy (non-hydrogen) atoms. The highest BCUT2D eigenvalue weighted by Gasteiger charge is 2.42. The highest BCUT2D eigenvalue weighted by molar-refractivity contribution is 6.21. The Morgan fingerprint density at radius 3 is 2.59 bits per heavy atom. The summed E-state index contributed by atoms with van der Waals surface area (Å²) in [4.78, 5) is 36.7. The third kappa shape index (κ3) is 3.43. The van der Waals surface area contributed by atoms with Crippen molar-refractivity contribution in [1.29, 1.82) is 0 Å². The van der Waals surface area contributed by atoms with Crippen LogP contribution in [-0.4, -0.2) is 44.1 Å². The van der Waals surface area contributed by atoms with Gasteiger partial charge in [-0.2, -0.15) is 0 Å². The number of ether oxygens (including phenoxy) is 2. The van der Waals surface area contributed by atoms with Crippen LogP contribution in [0.3, 0.4) is 0 Å². The van der Waals surface area contributed by atoms with Crippen LogP contribution in [-0.2, 0) is 19.1 Å². The maximum absolute atomic E-state index is 12.3. The van der Waals surface area contributed by atoms with Gasteiger partial charge in [-0.1, -0.05) is 0 Å². The number of hydrogen-bond donors (Lipinski definition) is 1. The molecule has 1 saturated heterocycles. The summed E-state index contributed by atoms with van der Waals surface area (Å²) in [7, 11) is 1.28. The summed E-state index contributed by atoms with van der Waals surface area (Å²) in [5.41, 5.74) is 0.507. The molecule has 1 aromatic carbocycles. The van der Waals surface area contributed by atoms with Crippen LogP contribution in [0.1, 0.15) is 13.3 Å². The molecule has 2 N–H and O–H groups in total. The number of amides is 2. The quantitative estimate of drug-likeness (QED) is 0.563. The first-order chi connectivity index (χ1) is 10.6. The van der Waals surface area contributed by atoms with Gasteiger partial charge in [-0.05, 0) is 31.2 Å². The number of nitrogens with zero attached hydrogens (tertiary/aromatic N) is 1. The van der Waals surface area contributed by atoms with Gasteiger partial charge >= 0.3 is 5.97 Å². The van der Waals surface area contributed by atoms with E-state index < -0.39 is 12.0 Å². The van der Waals surface area contributed by atoms with Crippen molar-refractivity contribution in [3.8, 4) is 5.75 Å². The Bertz CT molecular complexity index is 570. The van der Waals surface area contributed by atoms with E-state index in [2.05, 4.69) is 4.74 Å². The molecule has 1 heterocycles. The molecule has 1 aliphatic heterocycles. The van der Waals surface area contributed by atoms with E-state index in [9.17, 15) is 14.4 Å². The van der Waals surface area contributed by atoms with Crippen LogP contribution in [0.5, 0.6) is 5.75 Å². The summed E-state index contributed by atoms with van der Waals surface area (Å²) < 4.78 is 9.86. The van der Waals surface area contributed by atoms with Gasteiger partial charge in [0.1, 0.15) is 5.75 Å². The minimum Gasteiger partial charge on any atom is -0.494 e. The Labute approximate surface area is 128 Å². The number of quaternary nitrogens is 1. The topological polar surface area (TPSA) is 89.5 Å². The van der Waals surface area contributed by atoms with Gasteiger partial charge in [0, 0.05) is 0 Å². The zero-order valence-electron chi connectivity index (χ0n) is 12.6. The number of carbonyl (C=O) groups excluding carboxylic acids is 3. The molecule has 2 rings (SSSR count). The lowest BCUT2D eigenvalue weighted by Crippen LogP contribution is -2.93. The molecule has 1 aliphatic rings. The highest BCUT2D eigenvalue weighted by Crippen LogP contribution is 2.24. The Balaban J connectivity index is 2.06. The van der Waals surface area contributed by atoms with E-state index in [-0.39, 0.29) is 24.8 Å². The first kappa shape index (κ1) is 16.0. The third-order valence-corrected chi connectivity index (χ3v) is 3.38. The Morgan fingerprint density at radius 1 is 1.32 bits per heavy atom. The number of esters is 1. The standard InChI is InChI=1S/C15H18N2O5/c1-3-22-11-6-4-10(5-7-11)17-13(18)8-12(15(17)20)16-9-14(19)21-2/h4-7,12,16H,3,8-9H2,1-2H3/p+1. The van der Waals surface area contributed by atoms with Crippen LogP contribution in [0.2, 0.25) is 0 Å². The van der Waals surface area contributed by atoms with Crippen LogP contribution in [0.15, 0.2) is 24.3 Å². The molecule has 1 fully saturated rings. The average Bonchev–Trinajstić information content (AvgIpc) is 2.80. The Kier molecular flexibility index (Phi) is 5.11. The molecule has 1 aromatic rings. The first-order valence-corrected chi connectivity index (χ1v) is 7.06. The number of hydrogen-bond acceptors (Lipinski definition) is 5. The van der Waals surface area contributed by atoms with Crippen LogP contribution in [0.25, 0.3) is 0 Å². The summed E-state index contributed by atoms with van der Waals surface area (Å²) >= 11 is 0. The van der Waals surface area contributed by atoms with Gasteiger partial charge in [-0.15, -0.1) is 0 Å². The average molecular weight is 307 g/mol. The van der Waals surface area contributed by atoms with Crippen molar-refractivity contribution in [3.63, 3.8) is 0 Å². The lowest BCUT2D eigenvalue weighted by Gasteiger charge is -2.14. The normalized spacial score (nSPS) is 17.7. The molecule has 1 atom stereocenters.